The average molecular weight is 290 g/mol. The van der Waals surface area contributed by atoms with E-state index >= 15 is 0 Å². The van der Waals surface area contributed by atoms with Crippen molar-refractivity contribution >= 4 is 11.9 Å². The maximum absolute atomic E-state index is 12.2. The zero-order chi connectivity index (χ0) is 15.4. The van der Waals surface area contributed by atoms with E-state index in [1.807, 2.05) is 37.3 Å². The normalized spacial score (nSPS) is 23.0. The van der Waals surface area contributed by atoms with Gasteiger partial charge >= 0.3 is 5.97 Å². The van der Waals surface area contributed by atoms with Crippen LogP contribution in [0.4, 0.5) is 0 Å². The van der Waals surface area contributed by atoms with Gasteiger partial charge in [-0.25, -0.2) is 0 Å². The number of benzene rings is 1. The van der Waals surface area contributed by atoms with Gasteiger partial charge in [-0.3, -0.25) is 9.59 Å². The lowest BCUT2D eigenvalue weighted by molar-refractivity contribution is -0.142. The van der Waals surface area contributed by atoms with Gasteiger partial charge in [0.25, 0.3) is 0 Å². The summed E-state index contributed by atoms with van der Waals surface area (Å²) in [6, 6.07) is 9.53. The van der Waals surface area contributed by atoms with Crippen molar-refractivity contribution in [2.45, 2.75) is 25.8 Å². The summed E-state index contributed by atoms with van der Waals surface area (Å²) in [4.78, 5) is 24.9. The summed E-state index contributed by atoms with van der Waals surface area (Å²) in [5.74, 6) is -1.26. The molecule has 1 aliphatic heterocycles. The number of carboxylic acid groups (broad SMARTS) is 1. The summed E-state index contributed by atoms with van der Waals surface area (Å²) in [5, 5.41) is 9.09. The van der Waals surface area contributed by atoms with Crippen molar-refractivity contribution in [3.63, 3.8) is 0 Å². The molecule has 0 radical (unpaired) electrons. The molecule has 0 aliphatic carbocycles. The second-order valence-corrected chi connectivity index (χ2v) is 5.78. The van der Waals surface area contributed by atoms with Gasteiger partial charge in [-0.1, -0.05) is 37.3 Å². The molecule has 0 spiro atoms. The largest absolute Gasteiger partial charge is 0.481 e. The first-order chi connectivity index (χ1) is 9.99. The van der Waals surface area contributed by atoms with Gasteiger partial charge in [-0.2, -0.15) is 0 Å². The van der Waals surface area contributed by atoms with Crippen molar-refractivity contribution in [2.24, 2.45) is 17.6 Å². The predicted octanol–water partition coefficient (Wildman–Crippen LogP) is 1.65. The van der Waals surface area contributed by atoms with Crippen LogP contribution in [0.3, 0.4) is 0 Å². The number of hydrogen-bond acceptors (Lipinski definition) is 3. The Balaban J connectivity index is 1.84. The molecule has 3 N–H and O–H groups in total. The van der Waals surface area contributed by atoms with Gasteiger partial charge < -0.3 is 15.7 Å². The second-order valence-electron chi connectivity index (χ2n) is 5.78. The second kappa shape index (κ2) is 6.72. The van der Waals surface area contributed by atoms with Crippen LogP contribution in [0, 0.1) is 11.8 Å². The molecule has 1 aliphatic rings. The van der Waals surface area contributed by atoms with Gasteiger partial charge in [0, 0.05) is 25.6 Å². The third-order valence-electron chi connectivity index (χ3n) is 4.18. The average Bonchev–Trinajstić information content (AvgIpc) is 2.87. The number of amides is 1. The molecule has 1 fully saturated rings. The Hall–Kier alpha value is -1.88. The molecule has 1 aromatic rings. The topological polar surface area (TPSA) is 83.6 Å². The van der Waals surface area contributed by atoms with E-state index in [4.69, 9.17) is 10.8 Å². The third-order valence-corrected chi connectivity index (χ3v) is 4.18. The molecule has 2 rings (SSSR count). The lowest BCUT2D eigenvalue weighted by Gasteiger charge is -2.18. The fourth-order valence-electron chi connectivity index (χ4n) is 2.80. The molecule has 0 saturated carbocycles. The van der Waals surface area contributed by atoms with Gasteiger partial charge in [0.2, 0.25) is 5.91 Å². The minimum absolute atomic E-state index is 0.00280. The molecule has 1 heterocycles. The molecule has 0 aromatic heterocycles. The van der Waals surface area contributed by atoms with Crippen molar-refractivity contribution in [2.75, 3.05) is 13.1 Å². The number of aliphatic carboxylic acids is 1. The van der Waals surface area contributed by atoms with Crippen molar-refractivity contribution in [3.05, 3.63) is 35.9 Å². The minimum atomic E-state index is -0.821. The monoisotopic (exact) mass is 290 g/mol. The summed E-state index contributed by atoms with van der Waals surface area (Å²) in [6.45, 7) is 2.72. The van der Waals surface area contributed by atoms with Crippen LogP contribution in [0.5, 0.6) is 0 Å². The highest BCUT2D eigenvalue weighted by Crippen LogP contribution is 2.24. The lowest BCUT2D eigenvalue weighted by atomic mass is 9.99. The first-order valence-electron chi connectivity index (χ1n) is 7.30. The SMILES string of the molecule is CC1CN(C(=O)CCC(N)c2ccccc2)CC1C(=O)O. The van der Waals surface area contributed by atoms with Crippen molar-refractivity contribution in [1.82, 2.24) is 4.90 Å². The standard InChI is InChI=1S/C16H22N2O3/c1-11-9-18(10-13(11)16(20)21)15(19)8-7-14(17)12-5-3-2-4-6-12/h2-6,11,13-14H,7-10,17H2,1H3,(H,20,21). The zero-order valence-corrected chi connectivity index (χ0v) is 12.2. The number of likely N-dealkylation sites (tertiary alicyclic amines) is 1. The van der Waals surface area contributed by atoms with E-state index in [1.54, 1.807) is 4.90 Å². The number of carbonyl (C=O) groups excluding carboxylic acids is 1. The Bertz CT molecular complexity index is 504. The summed E-state index contributed by atoms with van der Waals surface area (Å²) >= 11 is 0. The Kier molecular flexibility index (Phi) is 4.96. The first kappa shape index (κ1) is 15.5. The molecule has 5 heteroatoms. The number of nitrogens with zero attached hydrogens (tertiary/aromatic N) is 1. The molecular weight excluding hydrogens is 268 g/mol. The zero-order valence-electron chi connectivity index (χ0n) is 12.2. The molecule has 21 heavy (non-hydrogen) atoms. The molecule has 5 nitrogen and oxygen atoms in total. The molecule has 3 atom stereocenters. The molecular formula is C16H22N2O3. The summed E-state index contributed by atoms with van der Waals surface area (Å²) in [5.41, 5.74) is 7.10. The molecule has 114 valence electrons. The van der Waals surface area contributed by atoms with Crippen molar-refractivity contribution < 1.29 is 14.7 Å². The molecule has 1 aromatic carbocycles. The van der Waals surface area contributed by atoms with E-state index in [0.717, 1.165) is 5.56 Å². The molecule has 1 amide bonds. The highest BCUT2D eigenvalue weighted by molar-refractivity contribution is 5.79. The highest BCUT2D eigenvalue weighted by Gasteiger charge is 2.36. The van der Waals surface area contributed by atoms with Crippen LogP contribution in [-0.2, 0) is 9.59 Å². The van der Waals surface area contributed by atoms with Crippen LogP contribution < -0.4 is 5.73 Å². The Labute approximate surface area is 124 Å². The van der Waals surface area contributed by atoms with E-state index in [-0.39, 0.29) is 17.9 Å². The number of carboxylic acids is 1. The number of nitrogens with two attached hydrogens (primary N) is 1. The van der Waals surface area contributed by atoms with Crippen LogP contribution >= 0.6 is 0 Å². The fraction of sp³-hybridized carbons (Fsp3) is 0.500. The summed E-state index contributed by atoms with van der Waals surface area (Å²) < 4.78 is 0. The number of hydrogen-bond donors (Lipinski definition) is 2. The van der Waals surface area contributed by atoms with Crippen molar-refractivity contribution in [1.29, 1.82) is 0 Å². The van der Waals surface area contributed by atoms with Crippen LogP contribution in [0.1, 0.15) is 31.4 Å². The van der Waals surface area contributed by atoms with E-state index in [0.29, 0.717) is 25.9 Å². The number of rotatable bonds is 5. The maximum Gasteiger partial charge on any atom is 0.308 e. The van der Waals surface area contributed by atoms with Crippen molar-refractivity contribution in [3.8, 4) is 0 Å². The van der Waals surface area contributed by atoms with Crippen LogP contribution in [0.25, 0.3) is 0 Å². The van der Waals surface area contributed by atoms with Gasteiger partial charge in [-0.15, -0.1) is 0 Å². The minimum Gasteiger partial charge on any atom is -0.481 e. The van der Waals surface area contributed by atoms with E-state index in [1.165, 1.54) is 0 Å². The van der Waals surface area contributed by atoms with Crippen LogP contribution in [0.15, 0.2) is 30.3 Å². The number of carbonyl (C=O) groups is 2. The maximum atomic E-state index is 12.2. The van der Waals surface area contributed by atoms with Gasteiger partial charge in [0.1, 0.15) is 0 Å². The fourth-order valence-corrected chi connectivity index (χ4v) is 2.80. The van der Waals surface area contributed by atoms with Gasteiger partial charge in [-0.05, 0) is 17.9 Å². The predicted molar refractivity (Wildman–Crippen MR) is 79.5 cm³/mol. The molecule has 0 bridgehead atoms. The van der Waals surface area contributed by atoms with Crippen LogP contribution in [-0.4, -0.2) is 35.0 Å². The van der Waals surface area contributed by atoms with E-state index in [9.17, 15) is 9.59 Å². The Morgan fingerprint density at radius 2 is 2.00 bits per heavy atom. The highest BCUT2D eigenvalue weighted by atomic mass is 16.4. The lowest BCUT2D eigenvalue weighted by Crippen LogP contribution is -2.30. The first-order valence-corrected chi connectivity index (χ1v) is 7.30. The van der Waals surface area contributed by atoms with Gasteiger partial charge in [0.05, 0.1) is 5.92 Å². The Morgan fingerprint density at radius 1 is 1.33 bits per heavy atom. The molecule has 3 unspecified atom stereocenters. The smallest absolute Gasteiger partial charge is 0.308 e. The van der Waals surface area contributed by atoms with Gasteiger partial charge in [0.15, 0.2) is 0 Å². The Morgan fingerprint density at radius 3 is 2.57 bits per heavy atom. The molecule has 1 saturated heterocycles. The van der Waals surface area contributed by atoms with E-state index in [2.05, 4.69) is 0 Å². The summed E-state index contributed by atoms with van der Waals surface area (Å²) in [6.07, 6.45) is 0.931. The summed E-state index contributed by atoms with van der Waals surface area (Å²) in [7, 11) is 0. The quantitative estimate of drug-likeness (QED) is 0.863. The third kappa shape index (κ3) is 3.82. The van der Waals surface area contributed by atoms with E-state index < -0.39 is 11.9 Å². The van der Waals surface area contributed by atoms with Crippen LogP contribution in [0.2, 0.25) is 0 Å².